The fourth-order valence-corrected chi connectivity index (χ4v) is 3.18. The van der Waals surface area contributed by atoms with Crippen molar-refractivity contribution >= 4 is 26.8 Å². The Labute approximate surface area is 124 Å². The third-order valence-corrected chi connectivity index (χ3v) is 4.91. The lowest BCUT2D eigenvalue weighted by atomic mass is 10.2. The SMILES string of the molecule is CCC(CC)NCCn1c(C)c(Br)c2ccccc21. The summed E-state index contributed by atoms with van der Waals surface area (Å²) in [4.78, 5) is 0. The molecule has 0 unspecified atom stereocenters. The van der Waals surface area contributed by atoms with Crippen molar-refractivity contribution < 1.29 is 0 Å². The minimum atomic E-state index is 0.644. The lowest BCUT2D eigenvalue weighted by molar-refractivity contribution is 0.467. The summed E-state index contributed by atoms with van der Waals surface area (Å²) in [6.07, 6.45) is 2.40. The summed E-state index contributed by atoms with van der Waals surface area (Å²) in [5.74, 6) is 0. The highest BCUT2D eigenvalue weighted by atomic mass is 79.9. The summed E-state index contributed by atoms with van der Waals surface area (Å²) in [5, 5.41) is 4.94. The minimum absolute atomic E-state index is 0.644. The Balaban J connectivity index is 2.14. The number of rotatable bonds is 6. The third kappa shape index (κ3) is 3.03. The highest BCUT2D eigenvalue weighted by molar-refractivity contribution is 9.10. The van der Waals surface area contributed by atoms with Crippen molar-refractivity contribution in [2.75, 3.05) is 6.54 Å². The Kier molecular flexibility index (Phi) is 5.06. The van der Waals surface area contributed by atoms with Gasteiger partial charge in [-0.3, -0.25) is 0 Å². The van der Waals surface area contributed by atoms with Gasteiger partial charge in [-0.1, -0.05) is 32.0 Å². The average molecular weight is 323 g/mol. The summed E-state index contributed by atoms with van der Waals surface area (Å²) in [5.41, 5.74) is 2.63. The largest absolute Gasteiger partial charge is 0.342 e. The third-order valence-electron chi connectivity index (χ3n) is 3.91. The molecule has 2 rings (SSSR count). The number of nitrogens with one attached hydrogen (secondary N) is 1. The average Bonchev–Trinajstić information content (AvgIpc) is 2.69. The van der Waals surface area contributed by atoms with E-state index in [1.165, 1.54) is 33.9 Å². The fraction of sp³-hybridized carbons (Fsp3) is 0.500. The van der Waals surface area contributed by atoms with Crippen LogP contribution >= 0.6 is 15.9 Å². The maximum Gasteiger partial charge on any atom is 0.0494 e. The number of nitrogens with zero attached hydrogens (tertiary/aromatic N) is 1. The number of para-hydroxylation sites is 1. The zero-order valence-electron chi connectivity index (χ0n) is 12.0. The van der Waals surface area contributed by atoms with Crippen LogP contribution in [0.4, 0.5) is 0 Å². The Morgan fingerprint density at radius 3 is 2.58 bits per heavy atom. The Hall–Kier alpha value is -0.800. The molecule has 0 fully saturated rings. The van der Waals surface area contributed by atoms with Gasteiger partial charge in [-0.25, -0.2) is 0 Å². The predicted molar refractivity (Wildman–Crippen MR) is 86.7 cm³/mol. The molecule has 0 saturated carbocycles. The van der Waals surface area contributed by atoms with Gasteiger partial charge in [0.25, 0.3) is 0 Å². The first kappa shape index (κ1) is 14.6. The van der Waals surface area contributed by atoms with Crippen molar-refractivity contribution in [2.24, 2.45) is 0 Å². The van der Waals surface area contributed by atoms with Crippen LogP contribution in [0.1, 0.15) is 32.4 Å². The molecule has 104 valence electrons. The quantitative estimate of drug-likeness (QED) is 0.829. The van der Waals surface area contributed by atoms with Gasteiger partial charge in [0.2, 0.25) is 0 Å². The Morgan fingerprint density at radius 1 is 1.21 bits per heavy atom. The van der Waals surface area contributed by atoms with Gasteiger partial charge < -0.3 is 9.88 Å². The molecule has 0 amide bonds. The second-order valence-electron chi connectivity index (χ2n) is 5.04. The summed E-state index contributed by atoms with van der Waals surface area (Å²) in [6.45, 7) is 8.72. The van der Waals surface area contributed by atoms with E-state index in [0.29, 0.717) is 6.04 Å². The molecule has 0 bridgehead atoms. The molecular weight excluding hydrogens is 300 g/mol. The highest BCUT2D eigenvalue weighted by Crippen LogP contribution is 2.30. The first-order chi connectivity index (χ1) is 9.19. The Morgan fingerprint density at radius 2 is 1.89 bits per heavy atom. The van der Waals surface area contributed by atoms with E-state index in [1.54, 1.807) is 0 Å². The molecule has 2 aromatic rings. The molecule has 0 aliphatic rings. The second kappa shape index (κ2) is 6.58. The zero-order valence-corrected chi connectivity index (χ0v) is 13.6. The van der Waals surface area contributed by atoms with Gasteiger partial charge in [-0.15, -0.1) is 0 Å². The number of halogens is 1. The molecule has 19 heavy (non-hydrogen) atoms. The van der Waals surface area contributed by atoms with Gasteiger partial charge in [0.15, 0.2) is 0 Å². The van der Waals surface area contributed by atoms with Crippen LogP contribution in [0, 0.1) is 6.92 Å². The smallest absolute Gasteiger partial charge is 0.0494 e. The van der Waals surface area contributed by atoms with E-state index in [2.05, 4.69) is 70.9 Å². The molecule has 1 N–H and O–H groups in total. The number of hydrogen-bond donors (Lipinski definition) is 1. The highest BCUT2D eigenvalue weighted by Gasteiger charge is 2.11. The molecule has 0 aliphatic heterocycles. The minimum Gasteiger partial charge on any atom is -0.342 e. The zero-order chi connectivity index (χ0) is 13.8. The second-order valence-corrected chi connectivity index (χ2v) is 5.83. The molecule has 0 saturated heterocycles. The standard InChI is InChI=1S/C16H23BrN2/c1-4-13(5-2)18-10-11-19-12(3)16(17)14-8-6-7-9-15(14)19/h6-9,13,18H,4-5,10-11H2,1-3H3. The first-order valence-electron chi connectivity index (χ1n) is 7.15. The van der Waals surface area contributed by atoms with Crippen LogP contribution in [0.25, 0.3) is 10.9 Å². The fourth-order valence-electron chi connectivity index (χ4n) is 2.63. The van der Waals surface area contributed by atoms with E-state index in [4.69, 9.17) is 0 Å². The van der Waals surface area contributed by atoms with Crippen molar-refractivity contribution in [1.82, 2.24) is 9.88 Å². The van der Waals surface area contributed by atoms with Crippen LogP contribution in [0.3, 0.4) is 0 Å². The molecular formula is C16H23BrN2. The number of hydrogen-bond acceptors (Lipinski definition) is 1. The van der Waals surface area contributed by atoms with Gasteiger partial charge in [-0.05, 0) is 41.8 Å². The molecule has 2 nitrogen and oxygen atoms in total. The lowest BCUT2D eigenvalue weighted by Gasteiger charge is -2.16. The molecule has 1 aromatic carbocycles. The van der Waals surface area contributed by atoms with Crippen LogP contribution in [-0.4, -0.2) is 17.2 Å². The van der Waals surface area contributed by atoms with Gasteiger partial charge in [0.1, 0.15) is 0 Å². The molecule has 0 radical (unpaired) electrons. The van der Waals surface area contributed by atoms with E-state index in [1.807, 2.05) is 0 Å². The van der Waals surface area contributed by atoms with Crippen molar-refractivity contribution in [3.63, 3.8) is 0 Å². The van der Waals surface area contributed by atoms with Gasteiger partial charge in [0, 0.05) is 40.2 Å². The van der Waals surface area contributed by atoms with Crippen LogP contribution in [0.5, 0.6) is 0 Å². The molecule has 1 aromatic heterocycles. The molecule has 3 heteroatoms. The van der Waals surface area contributed by atoms with Crippen LogP contribution < -0.4 is 5.32 Å². The topological polar surface area (TPSA) is 17.0 Å². The van der Waals surface area contributed by atoms with Crippen LogP contribution in [-0.2, 0) is 6.54 Å². The van der Waals surface area contributed by atoms with Gasteiger partial charge in [-0.2, -0.15) is 0 Å². The molecule has 0 aliphatic carbocycles. The van der Waals surface area contributed by atoms with Gasteiger partial charge >= 0.3 is 0 Å². The van der Waals surface area contributed by atoms with E-state index in [9.17, 15) is 0 Å². The first-order valence-corrected chi connectivity index (χ1v) is 7.95. The maximum atomic E-state index is 3.71. The van der Waals surface area contributed by atoms with E-state index in [0.717, 1.165) is 13.1 Å². The summed E-state index contributed by atoms with van der Waals surface area (Å²) < 4.78 is 3.63. The number of fused-ring (bicyclic) bond motifs is 1. The summed E-state index contributed by atoms with van der Waals surface area (Å²) >= 11 is 3.71. The van der Waals surface area contributed by atoms with Crippen LogP contribution in [0.2, 0.25) is 0 Å². The monoisotopic (exact) mass is 322 g/mol. The van der Waals surface area contributed by atoms with E-state index >= 15 is 0 Å². The van der Waals surface area contributed by atoms with Crippen molar-refractivity contribution in [2.45, 2.75) is 46.2 Å². The lowest BCUT2D eigenvalue weighted by Crippen LogP contribution is -2.30. The van der Waals surface area contributed by atoms with Gasteiger partial charge in [0.05, 0.1) is 0 Å². The van der Waals surface area contributed by atoms with Crippen LogP contribution in [0.15, 0.2) is 28.7 Å². The number of aromatic nitrogens is 1. The van der Waals surface area contributed by atoms with Crippen molar-refractivity contribution in [1.29, 1.82) is 0 Å². The van der Waals surface area contributed by atoms with E-state index in [-0.39, 0.29) is 0 Å². The normalized spacial score (nSPS) is 11.6. The number of benzene rings is 1. The Bertz CT molecular complexity index is 541. The molecule has 0 atom stereocenters. The van der Waals surface area contributed by atoms with Crippen molar-refractivity contribution in [3.05, 3.63) is 34.4 Å². The van der Waals surface area contributed by atoms with E-state index < -0.39 is 0 Å². The summed E-state index contributed by atoms with van der Waals surface area (Å²) in [6, 6.07) is 9.23. The molecule has 0 spiro atoms. The van der Waals surface area contributed by atoms with Crippen molar-refractivity contribution in [3.8, 4) is 0 Å². The maximum absolute atomic E-state index is 3.71. The summed E-state index contributed by atoms with van der Waals surface area (Å²) in [7, 11) is 0. The predicted octanol–water partition coefficient (Wildman–Crippen LogP) is 4.49. The molecule has 1 heterocycles.